The fraction of sp³-hybridized carbons (Fsp3) is 0.429. The highest BCUT2D eigenvalue weighted by molar-refractivity contribution is 5.75. The second-order valence-corrected chi connectivity index (χ2v) is 10.3. The maximum Gasteiger partial charge on any atom is 0.354 e. The minimum atomic E-state index is -0.329. The lowest BCUT2D eigenvalue weighted by atomic mass is 10.1. The van der Waals surface area contributed by atoms with E-state index in [0.29, 0.717) is 43.8 Å². The number of ether oxygens (including phenoxy) is 1. The van der Waals surface area contributed by atoms with Crippen LogP contribution in [0.15, 0.2) is 53.7 Å². The van der Waals surface area contributed by atoms with E-state index in [1.807, 2.05) is 30.5 Å². The van der Waals surface area contributed by atoms with E-state index >= 15 is 0 Å². The second-order valence-electron chi connectivity index (χ2n) is 10.3. The number of aromatic amines is 2. The summed E-state index contributed by atoms with van der Waals surface area (Å²) in [4.78, 5) is 27.6. The molecule has 0 saturated carbocycles. The van der Waals surface area contributed by atoms with Gasteiger partial charge in [0.05, 0.1) is 18.4 Å². The predicted octanol–water partition coefficient (Wildman–Crippen LogP) is 1.19. The molecule has 1 saturated heterocycles. The number of benzene rings is 1. The first-order valence-corrected chi connectivity index (χ1v) is 14.1. The van der Waals surface area contributed by atoms with Gasteiger partial charge in [0.15, 0.2) is 11.9 Å². The molecular formula is C28H39N11O2. The maximum absolute atomic E-state index is 12.8. The summed E-state index contributed by atoms with van der Waals surface area (Å²) < 4.78 is 7.73. The molecule has 0 unspecified atom stereocenters. The minimum Gasteiger partial charge on any atom is -0.372 e. The summed E-state index contributed by atoms with van der Waals surface area (Å²) >= 11 is 0. The van der Waals surface area contributed by atoms with Gasteiger partial charge in [0.25, 0.3) is 0 Å². The van der Waals surface area contributed by atoms with Crippen molar-refractivity contribution in [3.8, 4) is 5.69 Å². The van der Waals surface area contributed by atoms with Crippen LogP contribution in [0.2, 0.25) is 0 Å². The molecule has 218 valence electrons. The van der Waals surface area contributed by atoms with E-state index in [0.717, 1.165) is 61.2 Å². The van der Waals surface area contributed by atoms with Crippen LogP contribution in [0, 0.1) is 5.41 Å². The van der Waals surface area contributed by atoms with Gasteiger partial charge in [0, 0.05) is 61.8 Å². The van der Waals surface area contributed by atoms with Crippen molar-refractivity contribution in [2.45, 2.75) is 44.4 Å². The number of hydrogen-bond acceptors (Lipinski definition) is 8. The zero-order valence-corrected chi connectivity index (χ0v) is 23.1. The Hall–Kier alpha value is -4.20. The Morgan fingerprint density at radius 3 is 2.80 bits per heavy atom. The topological polar surface area (TPSA) is 187 Å². The van der Waals surface area contributed by atoms with Gasteiger partial charge in [0.1, 0.15) is 5.65 Å². The molecule has 4 aromatic rings. The highest BCUT2D eigenvalue weighted by Gasteiger charge is 2.13. The van der Waals surface area contributed by atoms with E-state index in [1.54, 1.807) is 17.0 Å². The molecule has 1 fully saturated rings. The van der Waals surface area contributed by atoms with Crippen LogP contribution >= 0.6 is 0 Å². The smallest absolute Gasteiger partial charge is 0.354 e. The molecule has 9 N–H and O–H groups in total. The monoisotopic (exact) mass is 561 g/mol. The lowest BCUT2D eigenvalue weighted by molar-refractivity contribution is 0.0444. The Bertz CT molecular complexity index is 1440. The van der Waals surface area contributed by atoms with Crippen LogP contribution in [-0.4, -0.2) is 75.3 Å². The van der Waals surface area contributed by atoms with Crippen molar-refractivity contribution in [2.24, 2.45) is 5.73 Å². The van der Waals surface area contributed by atoms with Crippen molar-refractivity contribution < 1.29 is 4.74 Å². The first-order valence-electron chi connectivity index (χ1n) is 14.1. The first-order chi connectivity index (χ1) is 20.0. The van der Waals surface area contributed by atoms with E-state index in [4.69, 9.17) is 15.9 Å². The number of hydrogen-bond donors (Lipinski definition) is 8. The summed E-state index contributed by atoms with van der Waals surface area (Å²) in [6.07, 6.45) is 8.94. The highest BCUT2D eigenvalue weighted by Crippen LogP contribution is 2.16. The number of aromatic nitrogens is 5. The van der Waals surface area contributed by atoms with Crippen LogP contribution in [0.3, 0.4) is 0 Å². The number of nitrogens with zero attached hydrogens (tertiary/aromatic N) is 3. The van der Waals surface area contributed by atoms with Crippen LogP contribution in [0.4, 0.5) is 5.95 Å². The van der Waals surface area contributed by atoms with E-state index in [9.17, 15) is 4.79 Å². The largest absolute Gasteiger partial charge is 0.372 e. The fourth-order valence-corrected chi connectivity index (χ4v) is 4.96. The zero-order chi connectivity index (χ0) is 28.4. The highest BCUT2D eigenvalue weighted by atomic mass is 16.5. The predicted molar refractivity (Wildman–Crippen MR) is 159 cm³/mol. The van der Waals surface area contributed by atoms with Gasteiger partial charge < -0.3 is 41.7 Å². The molecule has 41 heavy (non-hydrogen) atoms. The van der Waals surface area contributed by atoms with Gasteiger partial charge in [-0.1, -0.05) is 12.1 Å². The van der Waals surface area contributed by atoms with Gasteiger partial charge in [-0.3, -0.25) is 9.98 Å². The number of guanidine groups is 1. The molecule has 0 radical (unpaired) electrons. The summed E-state index contributed by atoms with van der Waals surface area (Å²) in [5.41, 5.74) is 8.47. The van der Waals surface area contributed by atoms with Crippen molar-refractivity contribution in [3.63, 3.8) is 0 Å². The van der Waals surface area contributed by atoms with Gasteiger partial charge >= 0.3 is 5.69 Å². The fourth-order valence-electron chi connectivity index (χ4n) is 4.96. The summed E-state index contributed by atoms with van der Waals surface area (Å²) in [5.74, 6) is 0.601. The molecule has 1 aliphatic rings. The lowest BCUT2D eigenvalue weighted by Gasteiger charge is -2.23. The second kappa shape index (κ2) is 13.9. The number of piperidine rings is 1. The summed E-state index contributed by atoms with van der Waals surface area (Å²) in [6.45, 7) is 4.48. The van der Waals surface area contributed by atoms with E-state index in [2.05, 4.69) is 47.3 Å². The summed E-state index contributed by atoms with van der Waals surface area (Å²) in [7, 11) is 0. The number of nitrogens with one attached hydrogen (secondary N) is 7. The Balaban J connectivity index is 1.18. The Morgan fingerprint density at radius 2 is 2.05 bits per heavy atom. The maximum atomic E-state index is 12.8. The molecule has 4 heterocycles. The standard InChI is InChI=1S/C28H39N11O2/c29-26(30)33-12-8-24(16-36-27-34-13-14-35-27)41-18-19-1-3-23(4-2-19)39-17-20-15-22(37-25(20)38-28(39)40)7-11-32-21-5-9-31-10-6-21/h1-4,13-15,17,21,24,31-32H,5-12,16,18H2,(H4,29,30,33)(H2,34,35,36)(H,37,38,40)/t24-/m1/s1. The molecule has 13 nitrogen and oxygen atoms in total. The van der Waals surface area contributed by atoms with Crippen molar-refractivity contribution >= 4 is 22.9 Å². The van der Waals surface area contributed by atoms with Gasteiger partial charge in [0.2, 0.25) is 0 Å². The average Bonchev–Trinajstić information content (AvgIpc) is 3.64. The third-order valence-electron chi connectivity index (χ3n) is 7.21. The van der Waals surface area contributed by atoms with Crippen LogP contribution in [-0.2, 0) is 17.8 Å². The van der Waals surface area contributed by atoms with Gasteiger partial charge in [-0.25, -0.2) is 9.78 Å². The van der Waals surface area contributed by atoms with E-state index in [1.165, 1.54) is 0 Å². The van der Waals surface area contributed by atoms with E-state index in [-0.39, 0.29) is 17.8 Å². The quantitative estimate of drug-likeness (QED) is 0.0827. The van der Waals surface area contributed by atoms with Crippen LogP contribution in [0.25, 0.3) is 16.7 Å². The Morgan fingerprint density at radius 1 is 1.22 bits per heavy atom. The molecule has 1 aliphatic heterocycles. The summed E-state index contributed by atoms with van der Waals surface area (Å²) in [5, 5.41) is 21.3. The van der Waals surface area contributed by atoms with Crippen molar-refractivity contribution in [3.05, 3.63) is 70.7 Å². The molecule has 0 spiro atoms. The number of rotatable bonds is 14. The molecular weight excluding hydrogens is 522 g/mol. The molecule has 0 bridgehead atoms. The Labute approximate surface area is 238 Å². The number of fused-ring (bicyclic) bond motifs is 1. The van der Waals surface area contributed by atoms with Crippen molar-refractivity contribution in [2.75, 3.05) is 38.0 Å². The van der Waals surface area contributed by atoms with Crippen LogP contribution < -0.4 is 32.7 Å². The van der Waals surface area contributed by atoms with Gasteiger partial charge in [-0.05, 0) is 56.1 Å². The molecule has 0 aliphatic carbocycles. The molecule has 1 aromatic carbocycles. The first kappa shape index (κ1) is 28.3. The normalized spacial score (nSPS) is 14.7. The number of H-pyrrole nitrogens is 2. The van der Waals surface area contributed by atoms with E-state index < -0.39 is 0 Å². The number of anilines is 1. The molecule has 5 rings (SSSR count). The van der Waals surface area contributed by atoms with Crippen LogP contribution in [0.5, 0.6) is 0 Å². The molecule has 0 amide bonds. The zero-order valence-electron chi connectivity index (χ0n) is 23.1. The molecule has 13 heteroatoms. The number of imidazole rings is 1. The molecule has 3 aromatic heterocycles. The van der Waals surface area contributed by atoms with Crippen molar-refractivity contribution in [1.82, 2.24) is 40.5 Å². The lowest BCUT2D eigenvalue weighted by Crippen LogP contribution is -2.40. The van der Waals surface area contributed by atoms with Crippen molar-refractivity contribution in [1.29, 1.82) is 5.41 Å². The van der Waals surface area contributed by atoms with Gasteiger partial charge in [-0.2, -0.15) is 4.98 Å². The number of nitrogens with two attached hydrogens (primary N) is 1. The Kier molecular flexibility index (Phi) is 9.62. The van der Waals surface area contributed by atoms with Gasteiger partial charge in [-0.15, -0.1) is 0 Å². The third-order valence-corrected chi connectivity index (χ3v) is 7.21. The SMILES string of the molecule is N=C(N)NCC[C@H](CNc1ncc[nH]1)OCc1ccc(-n2cc3cc(CCNC4CCNCC4)[nH]c3nc2=O)cc1. The minimum absolute atomic E-state index is 0.0678. The third kappa shape index (κ3) is 8.16. The molecule has 1 atom stereocenters. The average molecular weight is 562 g/mol. The van der Waals surface area contributed by atoms with Crippen LogP contribution in [0.1, 0.15) is 30.5 Å². The summed E-state index contributed by atoms with van der Waals surface area (Å²) in [6, 6.07) is 10.3.